The maximum Gasteiger partial charge on any atom is 0.123 e. The minimum Gasteiger partial charge on any atom is -0.496 e. The van der Waals surface area contributed by atoms with Gasteiger partial charge in [-0.2, -0.15) is 0 Å². The van der Waals surface area contributed by atoms with Crippen molar-refractivity contribution in [2.45, 2.75) is 44.9 Å². The SMILES string of the molecule is COc1ccc(Br)c2c1C13c4c(C)ccc(Br)c4C[C@@H]1CC(C)C[C@H]3C2. The fourth-order valence-corrected chi connectivity index (χ4v) is 7.62. The molecule has 0 bridgehead atoms. The van der Waals surface area contributed by atoms with E-state index in [2.05, 4.69) is 70.0 Å². The van der Waals surface area contributed by atoms with Crippen molar-refractivity contribution in [3.63, 3.8) is 0 Å². The molecule has 4 atom stereocenters. The Labute approximate surface area is 172 Å². The second-order valence-corrected chi connectivity index (χ2v) is 10.3. The Hall–Kier alpha value is -0.800. The van der Waals surface area contributed by atoms with Crippen molar-refractivity contribution < 1.29 is 4.74 Å². The summed E-state index contributed by atoms with van der Waals surface area (Å²) in [7, 11) is 1.83. The van der Waals surface area contributed by atoms with E-state index in [1.54, 1.807) is 11.1 Å². The van der Waals surface area contributed by atoms with Crippen LogP contribution in [0.25, 0.3) is 0 Å². The quantitative estimate of drug-likeness (QED) is 0.452. The van der Waals surface area contributed by atoms with Crippen LogP contribution >= 0.6 is 31.9 Å². The van der Waals surface area contributed by atoms with E-state index >= 15 is 0 Å². The molecule has 3 heteroatoms. The van der Waals surface area contributed by atoms with E-state index in [4.69, 9.17) is 4.74 Å². The topological polar surface area (TPSA) is 9.23 Å². The molecule has 136 valence electrons. The zero-order chi connectivity index (χ0) is 18.2. The fourth-order valence-electron chi connectivity index (χ4n) is 6.63. The van der Waals surface area contributed by atoms with Crippen molar-refractivity contribution in [2.24, 2.45) is 17.8 Å². The van der Waals surface area contributed by atoms with Crippen LogP contribution in [0, 0.1) is 24.7 Å². The third kappa shape index (κ3) is 2.02. The first kappa shape index (κ1) is 17.3. The van der Waals surface area contributed by atoms with Crippen molar-refractivity contribution in [2.75, 3.05) is 7.11 Å². The van der Waals surface area contributed by atoms with Gasteiger partial charge in [-0.15, -0.1) is 0 Å². The number of rotatable bonds is 1. The Morgan fingerprint density at radius 1 is 0.923 bits per heavy atom. The van der Waals surface area contributed by atoms with Crippen molar-refractivity contribution in [1.29, 1.82) is 0 Å². The molecule has 0 saturated heterocycles. The van der Waals surface area contributed by atoms with Crippen LogP contribution in [-0.2, 0) is 18.3 Å². The Morgan fingerprint density at radius 2 is 1.50 bits per heavy atom. The van der Waals surface area contributed by atoms with Crippen LogP contribution in [0.2, 0.25) is 0 Å². The molecule has 1 saturated carbocycles. The molecule has 0 aromatic heterocycles. The number of hydrogen-bond acceptors (Lipinski definition) is 1. The summed E-state index contributed by atoms with van der Waals surface area (Å²) in [5.41, 5.74) is 7.69. The molecule has 3 aliphatic rings. The van der Waals surface area contributed by atoms with E-state index in [1.807, 2.05) is 7.11 Å². The lowest BCUT2D eigenvalue weighted by Gasteiger charge is -2.46. The lowest BCUT2D eigenvalue weighted by molar-refractivity contribution is 0.130. The molecule has 0 aliphatic heterocycles. The Balaban J connectivity index is 1.90. The van der Waals surface area contributed by atoms with E-state index in [-0.39, 0.29) is 5.41 Å². The normalized spacial score (nSPS) is 31.2. The van der Waals surface area contributed by atoms with Gasteiger partial charge in [-0.1, -0.05) is 44.8 Å². The highest BCUT2D eigenvalue weighted by atomic mass is 79.9. The van der Waals surface area contributed by atoms with Gasteiger partial charge in [-0.25, -0.2) is 0 Å². The van der Waals surface area contributed by atoms with E-state index < -0.39 is 0 Å². The lowest BCUT2D eigenvalue weighted by Crippen LogP contribution is -2.43. The van der Waals surface area contributed by atoms with Crippen LogP contribution in [0.1, 0.15) is 47.6 Å². The van der Waals surface area contributed by atoms with Gasteiger partial charge in [0.05, 0.1) is 7.11 Å². The van der Waals surface area contributed by atoms with Gasteiger partial charge < -0.3 is 4.74 Å². The molecule has 1 nitrogen and oxygen atoms in total. The number of benzene rings is 2. The maximum absolute atomic E-state index is 5.94. The molecule has 26 heavy (non-hydrogen) atoms. The molecule has 0 N–H and O–H groups in total. The van der Waals surface area contributed by atoms with E-state index in [0.29, 0.717) is 11.8 Å². The van der Waals surface area contributed by atoms with Crippen LogP contribution in [0.4, 0.5) is 0 Å². The van der Waals surface area contributed by atoms with Gasteiger partial charge in [0, 0.05) is 19.9 Å². The highest BCUT2D eigenvalue weighted by Gasteiger charge is 2.61. The first-order chi connectivity index (χ1) is 12.5. The molecular weight excluding hydrogens is 452 g/mol. The van der Waals surface area contributed by atoms with Gasteiger partial charge in [0.25, 0.3) is 0 Å². The number of ether oxygens (including phenoxy) is 1. The minimum atomic E-state index is 0.125. The zero-order valence-corrected chi connectivity index (χ0v) is 18.7. The standard InChI is InChI=1S/C23H24Br2O/c1-12-8-14-10-16-18(24)5-4-13(2)21(16)23(14)15(9-12)11-17-19(25)6-7-20(26-3)22(17)23/h4-7,12,14-15H,8-11H2,1-3H3/t12?,14-,15-,23?/m0/s1. The van der Waals surface area contributed by atoms with E-state index in [9.17, 15) is 0 Å². The largest absolute Gasteiger partial charge is 0.496 e. The smallest absolute Gasteiger partial charge is 0.123 e. The predicted molar refractivity (Wildman–Crippen MR) is 113 cm³/mol. The van der Waals surface area contributed by atoms with Gasteiger partial charge in [-0.05, 0) is 90.8 Å². The molecule has 1 fully saturated rings. The lowest BCUT2D eigenvalue weighted by atomic mass is 9.56. The fraction of sp³-hybridized carbons (Fsp3) is 0.478. The molecular formula is C23H24Br2O. The molecule has 0 amide bonds. The number of methoxy groups -OCH3 is 1. The summed E-state index contributed by atoms with van der Waals surface area (Å²) in [6.07, 6.45) is 4.98. The van der Waals surface area contributed by atoms with Crippen molar-refractivity contribution in [3.8, 4) is 5.75 Å². The van der Waals surface area contributed by atoms with Crippen LogP contribution in [0.5, 0.6) is 5.75 Å². The average molecular weight is 476 g/mol. The summed E-state index contributed by atoms with van der Waals surface area (Å²) in [6.45, 7) is 4.75. The second kappa shape index (κ2) is 5.85. The molecule has 2 aromatic rings. The summed E-state index contributed by atoms with van der Waals surface area (Å²) < 4.78 is 8.49. The summed E-state index contributed by atoms with van der Waals surface area (Å²) >= 11 is 7.73. The summed E-state index contributed by atoms with van der Waals surface area (Å²) in [6, 6.07) is 8.89. The van der Waals surface area contributed by atoms with Crippen LogP contribution in [0.3, 0.4) is 0 Å². The van der Waals surface area contributed by atoms with Gasteiger partial charge >= 0.3 is 0 Å². The highest BCUT2D eigenvalue weighted by molar-refractivity contribution is 9.10. The summed E-state index contributed by atoms with van der Waals surface area (Å²) in [5, 5.41) is 0. The average Bonchev–Trinajstić information content (AvgIpc) is 3.13. The van der Waals surface area contributed by atoms with Crippen molar-refractivity contribution in [1.82, 2.24) is 0 Å². The van der Waals surface area contributed by atoms with Gasteiger partial charge in [0.2, 0.25) is 0 Å². The molecule has 5 rings (SSSR count). The predicted octanol–water partition coefficient (Wildman–Crippen LogP) is 6.59. The number of halogens is 2. The summed E-state index contributed by atoms with van der Waals surface area (Å²) in [5.74, 6) is 3.23. The first-order valence-electron chi connectivity index (χ1n) is 9.62. The zero-order valence-electron chi connectivity index (χ0n) is 15.5. The van der Waals surface area contributed by atoms with E-state index in [0.717, 1.165) is 11.7 Å². The molecule has 0 radical (unpaired) electrons. The number of fused-ring (bicyclic) bond motifs is 2. The summed E-state index contributed by atoms with van der Waals surface area (Å²) in [4.78, 5) is 0. The van der Waals surface area contributed by atoms with Crippen molar-refractivity contribution in [3.05, 3.63) is 61.0 Å². The maximum atomic E-state index is 5.94. The number of hydrogen-bond donors (Lipinski definition) is 0. The van der Waals surface area contributed by atoms with Gasteiger partial charge in [-0.3, -0.25) is 0 Å². The third-order valence-corrected chi connectivity index (χ3v) is 8.78. The third-order valence-electron chi connectivity index (χ3n) is 7.29. The molecule has 2 unspecified atom stereocenters. The molecule has 1 spiro atoms. The monoisotopic (exact) mass is 474 g/mol. The number of aryl methyl sites for hydroxylation is 1. The highest BCUT2D eigenvalue weighted by Crippen LogP contribution is 2.67. The van der Waals surface area contributed by atoms with Crippen molar-refractivity contribution >= 4 is 31.9 Å². The van der Waals surface area contributed by atoms with E-state index in [1.165, 1.54) is 51.3 Å². The molecule has 3 aliphatic carbocycles. The van der Waals surface area contributed by atoms with Gasteiger partial charge in [0.1, 0.15) is 5.75 Å². The second-order valence-electron chi connectivity index (χ2n) is 8.57. The van der Waals surface area contributed by atoms with Gasteiger partial charge in [0.15, 0.2) is 0 Å². The molecule has 2 aromatic carbocycles. The first-order valence-corrected chi connectivity index (χ1v) is 11.2. The minimum absolute atomic E-state index is 0.125. The van der Waals surface area contributed by atoms with Crippen LogP contribution in [0.15, 0.2) is 33.2 Å². The Bertz CT molecular complexity index is 909. The van der Waals surface area contributed by atoms with Crippen LogP contribution in [-0.4, -0.2) is 7.11 Å². The van der Waals surface area contributed by atoms with Crippen LogP contribution < -0.4 is 4.74 Å². The Kier molecular flexibility index (Phi) is 3.89. The Morgan fingerprint density at radius 3 is 2.12 bits per heavy atom. The molecule has 0 heterocycles.